The van der Waals surface area contributed by atoms with Crippen LogP contribution in [0.25, 0.3) is 0 Å². The van der Waals surface area contributed by atoms with E-state index in [4.69, 9.17) is 16.7 Å². The zero-order chi connectivity index (χ0) is 13.9. The lowest BCUT2D eigenvalue weighted by Crippen LogP contribution is -2.30. The van der Waals surface area contributed by atoms with Crippen molar-refractivity contribution in [3.63, 3.8) is 0 Å². The number of sulfonamides is 1. The zero-order valence-corrected chi connectivity index (χ0v) is 11.8. The topological polar surface area (TPSA) is 80.5 Å². The lowest BCUT2D eigenvalue weighted by Gasteiger charge is -2.19. The second-order valence-electron chi connectivity index (χ2n) is 3.67. The summed E-state index contributed by atoms with van der Waals surface area (Å²) in [5.74, 6) is -0.249. The summed E-state index contributed by atoms with van der Waals surface area (Å²) in [6, 6.07) is 4.05. The Labute approximate surface area is 112 Å². The molecule has 0 unspecified atom stereocenters. The average molecular weight is 291 g/mol. The third kappa shape index (κ3) is 3.22. The largest absolute Gasteiger partial charge is 0.339 e. The minimum Gasteiger partial charge on any atom is -0.339 e. The van der Waals surface area contributed by atoms with E-state index in [1.165, 1.54) is 18.2 Å². The molecule has 0 bridgehead atoms. The summed E-state index contributed by atoms with van der Waals surface area (Å²) in [4.78, 5) is 13.4. The Hall–Kier alpha value is -1.11. The molecule has 0 heterocycles. The van der Waals surface area contributed by atoms with Gasteiger partial charge in [0.25, 0.3) is 5.91 Å². The van der Waals surface area contributed by atoms with Gasteiger partial charge in [-0.2, -0.15) is 0 Å². The molecular formula is C11H15ClN2O3S. The van der Waals surface area contributed by atoms with E-state index in [1.54, 1.807) is 4.90 Å². The molecule has 100 valence electrons. The fourth-order valence-electron chi connectivity index (χ4n) is 1.55. The first kappa shape index (κ1) is 14.9. The number of nitrogens with zero attached hydrogens (tertiary/aromatic N) is 1. The number of primary sulfonamides is 1. The molecule has 0 radical (unpaired) electrons. The normalized spacial score (nSPS) is 11.3. The maximum absolute atomic E-state index is 12.0. The predicted molar refractivity (Wildman–Crippen MR) is 70.1 cm³/mol. The highest BCUT2D eigenvalue weighted by molar-refractivity contribution is 7.89. The van der Waals surface area contributed by atoms with E-state index in [2.05, 4.69) is 0 Å². The van der Waals surface area contributed by atoms with Gasteiger partial charge in [-0.3, -0.25) is 4.79 Å². The molecule has 0 fully saturated rings. The first-order chi connectivity index (χ1) is 8.31. The molecule has 0 aliphatic carbocycles. The van der Waals surface area contributed by atoms with Crippen molar-refractivity contribution in [2.75, 3.05) is 13.1 Å². The van der Waals surface area contributed by atoms with Gasteiger partial charge in [-0.05, 0) is 32.0 Å². The fourth-order valence-corrected chi connectivity index (χ4v) is 2.62. The van der Waals surface area contributed by atoms with Crippen LogP contribution in [0.1, 0.15) is 24.2 Å². The van der Waals surface area contributed by atoms with Gasteiger partial charge in [0.15, 0.2) is 0 Å². The molecular weight excluding hydrogens is 276 g/mol. The van der Waals surface area contributed by atoms with E-state index >= 15 is 0 Å². The number of halogens is 1. The van der Waals surface area contributed by atoms with Crippen LogP contribution in [0.5, 0.6) is 0 Å². The van der Waals surface area contributed by atoms with Crippen LogP contribution in [0.2, 0.25) is 5.02 Å². The molecule has 5 nitrogen and oxygen atoms in total. The lowest BCUT2D eigenvalue weighted by molar-refractivity contribution is 0.0773. The van der Waals surface area contributed by atoms with Crippen LogP contribution in [0.4, 0.5) is 0 Å². The number of hydrogen-bond donors (Lipinski definition) is 1. The van der Waals surface area contributed by atoms with Crippen molar-refractivity contribution >= 4 is 27.5 Å². The smallest absolute Gasteiger partial charge is 0.253 e. The van der Waals surface area contributed by atoms with Crippen molar-refractivity contribution in [2.24, 2.45) is 5.14 Å². The molecule has 0 atom stereocenters. The third-order valence-electron chi connectivity index (χ3n) is 2.54. The van der Waals surface area contributed by atoms with Crippen molar-refractivity contribution < 1.29 is 13.2 Å². The van der Waals surface area contributed by atoms with E-state index in [0.717, 1.165) is 0 Å². The summed E-state index contributed by atoms with van der Waals surface area (Å²) in [7, 11) is -3.93. The van der Waals surface area contributed by atoms with Gasteiger partial charge in [0.05, 0.1) is 5.02 Å². The number of rotatable bonds is 4. The Kier molecular flexibility index (Phi) is 4.72. The first-order valence-corrected chi connectivity index (χ1v) is 7.35. The molecule has 0 saturated heterocycles. The predicted octanol–water partition coefficient (Wildman–Crippen LogP) is 1.47. The summed E-state index contributed by atoms with van der Waals surface area (Å²) >= 11 is 5.75. The van der Waals surface area contributed by atoms with Gasteiger partial charge >= 0.3 is 0 Å². The number of carbonyl (C=O) groups excluding carboxylic acids is 1. The Morgan fingerprint density at radius 3 is 2.33 bits per heavy atom. The number of nitrogens with two attached hydrogens (primary N) is 1. The van der Waals surface area contributed by atoms with E-state index in [1.807, 2.05) is 13.8 Å². The zero-order valence-electron chi connectivity index (χ0n) is 10.2. The fraction of sp³-hybridized carbons (Fsp3) is 0.364. The first-order valence-electron chi connectivity index (χ1n) is 5.42. The van der Waals surface area contributed by atoms with Gasteiger partial charge in [-0.25, -0.2) is 13.6 Å². The lowest BCUT2D eigenvalue weighted by atomic mass is 10.2. The maximum atomic E-state index is 12.0. The van der Waals surface area contributed by atoms with Crippen LogP contribution in [0.15, 0.2) is 23.1 Å². The van der Waals surface area contributed by atoms with Crippen LogP contribution < -0.4 is 5.14 Å². The van der Waals surface area contributed by atoms with Gasteiger partial charge in [0.1, 0.15) is 4.90 Å². The number of benzene rings is 1. The van der Waals surface area contributed by atoms with E-state index in [9.17, 15) is 13.2 Å². The summed E-state index contributed by atoms with van der Waals surface area (Å²) in [6.45, 7) is 4.78. The van der Waals surface area contributed by atoms with E-state index in [-0.39, 0.29) is 21.4 Å². The summed E-state index contributed by atoms with van der Waals surface area (Å²) in [5.41, 5.74) is 0.257. The second-order valence-corrected chi connectivity index (χ2v) is 5.60. The Morgan fingerprint density at radius 1 is 1.33 bits per heavy atom. The molecule has 1 aromatic carbocycles. The Morgan fingerprint density at radius 2 is 1.89 bits per heavy atom. The third-order valence-corrected chi connectivity index (χ3v) is 3.93. The van der Waals surface area contributed by atoms with Crippen LogP contribution in [0.3, 0.4) is 0 Å². The summed E-state index contributed by atoms with van der Waals surface area (Å²) in [5, 5.41) is 5.04. The molecule has 18 heavy (non-hydrogen) atoms. The monoisotopic (exact) mass is 290 g/mol. The van der Waals surface area contributed by atoms with Gasteiger partial charge < -0.3 is 4.90 Å². The van der Waals surface area contributed by atoms with Crippen molar-refractivity contribution in [3.05, 3.63) is 28.8 Å². The van der Waals surface area contributed by atoms with Crippen LogP contribution in [0, 0.1) is 0 Å². The summed E-state index contributed by atoms with van der Waals surface area (Å²) < 4.78 is 22.6. The second kappa shape index (κ2) is 5.69. The minimum absolute atomic E-state index is 0.00796. The van der Waals surface area contributed by atoms with Crippen LogP contribution in [-0.2, 0) is 10.0 Å². The summed E-state index contributed by atoms with van der Waals surface area (Å²) in [6.07, 6.45) is 0. The highest BCUT2D eigenvalue weighted by atomic mass is 35.5. The van der Waals surface area contributed by atoms with Gasteiger partial charge in [0, 0.05) is 18.7 Å². The molecule has 0 aromatic heterocycles. The van der Waals surface area contributed by atoms with Crippen molar-refractivity contribution in [3.8, 4) is 0 Å². The number of amides is 1. The highest BCUT2D eigenvalue weighted by Gasteiger charge is 2.18. The Balaban J connectivity index is 3.25. The van der Waals surface area contributed by atoms with Gasteiger partial charge in [0.2, 0.25) is 10.0 Å². The standard InChI is InChI=1S/C11H15ClN2O3S/c1-3-14(4-2)11(15)8-5-6-9(12)10(7-8)18(13,16)17/h5-7H,3-4H2,1-2H3,(H2,13,16,17). The molecule has 0 spiro atoms. The molecule has 7 heteroatoms. The maximum Gasteiger partial charge on any atom is 0.253 e. The average Bonchev–Trinajstić information content (AvgIpc) is 2.29. The molecule has 1 aromatic rings. The van der Waals surface area contributed by atoms with E-state index < -0.39 is 10.0 Å². The van der Waals surface area contributed by atoms with Crippen molar-refractivity contribution in [1.82, 2.24) is 4.90 Å². The number of hydrogen-bond acceptors (Lipinski definition) is 3. The minimum atomic E-state index is -3.93. The molecule has 0 aliphatic heterocycles. The van der Waals surface area contributed by atoms with Crippen LogP contribution >= 0.6 is 11.6 Å². The molecule has 0 aliphatic rings. The van der Waals surface area contributed by atoms with E-state index in [0.29, 0.717) is 13.1 Å². The van der Waals surface area contributed by atoms with Crippen molar-refractivity contribution in [2.45, 2.75) is 18.7 Å². The van der Waals surface area contributed by atoms with Crippen LogP contribution in [-0.4, -0.2) is 32.3 Å². The number of carbonyl (C=O) groups is 1. The molecule has 2 N–H and O–H groups in total. The highest BCUT2D eigenvalue weighted by Crippen LogP contribution is 2.22. The quantitative estimate of drug-likeness (QED) is 0.912. The molecule has 1 rings (SSSR count). The molecule has 1 amide bonds. The Bertz CT molecular complexity index is 553. The molecule has 0 saturated carbocycles. The van der Waals surface area contributed by atoms with Gasteiger partial charge in [-0.15, -0.1) is 0 Å². The van der Waals surface area contributed by atoms with Crippen molar-refractivity contribution in [1.29, 1.82) is 0 Å². The SMILES string of the molecule is CCN(CC)C(=O)c1ccc(Cl)c(S(N)(=O)=O)c1. The van der Waals surface area contributed by atoms with Gasteiger partial charge in [-0.1, -0.05) is 11.6 Å².